The number of nitrogens with zero attached hydrogens (tertiary/aromatic N) is 2. The third kappa shape index (κ3) is 2.74. The molecule has 1 aromatic carbocycles. The standard InChI is InChI=1S/C14H13ClN2O2/c1-8-12(14(18)19-3)9(2)17-13(16-8)10-4-6-11(15)7-5-10/h4-7H,1-3H3. The van der Waals surface area contributed by atoms with Crippen molar-refractivity contribution in [2.75, 3.05) is 7.11 Å². The maximum atomic E-state index is 11.6. The van der Waals surface area contributed by atoms with Crippen molar-refractivity contribution < 1.29 is 9.53 Å². The van der Waals surface area contributed by atoms with Gasteiger partial charge >= 0.3 is 5.97 Å². The maximum absolute atomic E-state index is 11.6. The molecule has 0 unspecified atom stereocenters. The fourth-order valence-corrected chi connectivity index (χ4v) is 1.97. The average Bonchev–Trinajstić information content (AvgIpc) is 2.38. The zero-order valence-electron chi connectivity index (χ0n) is 10.9. The Hall–Kier alpha value is -1.94. The molecule has 0 atom stereocenters. The first-order valence-electron chi connectivity index (χ1n) is 5.72. The van der Waals surface area contributed by atoms with Gasteiger partial charge in [0.2, 0.25) is 0 Å². The van der Waals surface area contributed by atoms with Crippen LogP contribution in [0.5, 0.6) is 0 Å². The molecule has 0 aliphatic rings. The zero-order chi connectivity index (χ0) is 14.0. The minimum absolute atomic E-state index is 0.417. The third-order valence-corrected chi connectivity index (χ3v) is 3.01. The van der Waals surface area contributed by atoms with Gasteiger partial charge in [-0.05, 0) is 38.1 Å². The summed E-state index contributed by atoms with van der Waals surface area (Å²) in [5, 5.41) is 0.656. The Balaban J connectivity index is 2.51. The molecule has 19 heavy (non-hydrogen) atoms. The molecule has 0 spiro atoms. The number of hydrogen-bond donors (Lipinski definition) is 0. The number of aromatic nitrogens is 2. The molecule has 2 aromatic rings. The average molecular weight is 277 g/mol. The molecule has 0 aliphatic heterocycles. The van der Waals surface area contributed by atoms with Crippen LogP contribution < -0.4 is 0 Å². The van der Waals surface area contributed by atoms with E-state index in [1.165, 1.54) is 7.11 Å². The van der Waals surface area contributed by atoms with Gasteiger partial charge in [0.1, 0.15) is 5.56 Å². The first-order chi connectivity index (χ1) is 9.02. The summed E-state index contributed by atoms with van der Waals surface area (Å²) in [5.74, 6) is 0.150. The Morgan fingerprint density at radius 3 is 2.11 bits per heavy atom. The predicted molar refractivity (Wildman–Crippen MR) is 73.3 cm³/mol. The number of carbonyl (C=O) groups excluding carboxylic acids is 1. The lowest BCUT2D eigenvalue weighted by Crippen LogP contribution is -2.10. The number of carbonyl (C=O) groups is 1. The highest BCUT2D eigenvalue weighted by molar-refractivity contribution is 6.30. The van der Waals surface area contributed by atoms with E-state index in [1.54, 1.807) is 26.0 Å². The van der Waals surface area contributed by atoms with Crippen LogP contribution in [0.3, 0.4) is 0 Å². The van der Waals surface area contributed by atoms with Gasteiger partial charge in [0.05, 0.1) is 18.5 Å². The molecule has 0 bridgehead atoms. The van der Waals surface area contributed by atoms with Gasteiger partial charge in [-0.2, -0.15) is 0 Å². The molecule has 1 heterocycles. The Bertz CT molecular complexity index is 601. The molecule has 0 aliphatic carbocycles. The first-order valence-corrected chi connectivity index (χ1v) is 6.10. The number of methoxy groups -OCH3 is 1. The Morgan fingerprint density at radius 1 is 1.11 bits per heavy atom. The molecule has 0 saturated carbocycles. The van der Waals surface area contributed by atoms with Crippen molar-refractivity contribution in [3.63, 3.8) is 0 Å². The summed E-state index contributed by atoms with van der Waals surface area (Å²) in [7, 11) is 1.34. The smallest absolute Gasteiger partial charge is 0.341 e. The maximum Gasteiger partial charge on any atom is 0.341 e. The van der Waals surface area contributed by atoms with Crippen LogP contribution in [0, 0.1) is 13.8 Å². The minimum Gasteiger partial charge on any atom is -0.465 e. The molecule has 4 nitrogen and oxygen atoms in total. The Labute approximate surface area is 116 Å². The normalized spacial score (nSPS) is 10.3. The van der Waals surface area contributed by atoms with Crippen LogP contribution in [0.2, 0.25) is 5.02 Å². The molecule has 5 heteroatoms. The van der Waals surface area contributed by atoms with Gasteiger partial charge in [0.25, 0.3) is 0 Å². The number of rotatable bonds is 2. The molecule has 0 N–H and O–H groups in total. The molecular weight excluding hydrogens is 264 g/mol. The van der Waals surface area contributed by atoms with Gasteiger partial charge in [-0.3, -0.25) is 0 Å². The van der Waals surface area contributed by atoms with Gasteiger partial charge in [0.15, 0.2) is 5.82 Å². The summed E-state index contributed by atoms with van der Waals surface area (Å²) >= 11 is 5.85. The van der Waals surface area contributed by atoms with E-state index in [-0.39, 0.29) is 0 Å². The minimum atomic E-state index is -0.419. The highest BCUT2D eigenvalue weighted by Gasteiger charge is 2.16. The fourth-order valence-electron chi connectivity index (χ4n) is 1.84. The SMILES string of the molecule is COC(=O)c1c(C)nc(-c2ccc(Cl)cc2)nc1C. The van der Waals surface area contributed by atoms with Crippen LogP contribution in [0.4, 0.5) is 0 Å². The molecule has 0 radical (unpaired) electrons. The van der Waals surface area contributed by atoms with Crippen molar-refractivity contribution in [2.45, 2.75) is 13.8 Å². The second kappa shape index (κ2) is 5.36. The highest BCUT2D eigenvalue weighted by atomic mass is 35.5. The number of benzene rings is 1. The summed E-state index contributed by atoms with van der Waals surface area (Å²) in [6.07, 6.45) is 0. The molecule has 1 aromatic heterocycles. The number of halogens is 1. The number of aryl methyl sites for hydroxylation is 2. The Morgan fingerprint density at radius 2 is 1.63 bits per heavy atom. The van der Waals surface area contributed by atoms with Crippen LogP contribution in [0.25, 0.3) is 11.4 Å². The second-order valence-electron chi connectivity index (χ2n) is 4.09. The van der Waals surface area contributed by atoms with Crippen LogP contribution in [0.1, 0.15) is 21.7 Å². The van der Waals surface area contributed by atoms with Gasteiger partial charge in [-0.1, -0.05) is 11.6 Å². The van der Waals surface area contributed by atoms with E-state index in [0.717, 1.165) is 5.56 Å². The van der Waals surface area contributed by atoms with Crippen LogP contribution in [-0.4, -0.2) is 23.0 Å². The van der Waals surface area contributed by atoms with E-state index >= 15 is 0 Å². The quantitative estimate of drug-likeness (QED) is 0.791. The van der Waals surface area contributed by atoms with Crippen molar-refractivity contribution >= 4 is 17.6 Å². The molecule has 0 fully saturated rings. The second-order valence-corrected chi connectivity index (χ2v) is 4.53. The zero-order valence-corrected chi connectivity index (χ0v) is 11.7. The van der Waals surface area contributed by atoms with Crippen molar-refractivity contribution in [3.05, 3.63) is 46.2 Å². The summed E-state index contributed by atoms with van der Waals surface area (Å²) in [5.41, 5.74) is 2.47. The summed E-state index contributed by atoms with van der Waals surface area (Å²) in [6, 6.07) is 7.24. The van der Waals surface area contributed by atoms with Crippen molar-refractivity contribution in [2.24, 2.45) is 0 Å². The van der Waals surface area contributed by atoms with E-state index in [9.17, 15) is 4.79 Å². The van der Waals surface area contributed by atoms with Crippen LogP contribution >= 0.6 is 11.6 Å². The van der Waals surface area contributed by atoms with E-state index in [0.29, 0.717) is 27.8 Å². The molecular formula is C14H13ClN2O2. The molecule has 0 saturated heterocycles. The highest BCUT2D eigenvalue weighted by Crippen LogP contribution is 2.21. The van der Waals surface area contributed by atoms with Crippen molar-refractivity contribution in [3.8, 4) is 11.4 Å². The molecule has 2 rings (SSSR count). The van der Waals surface area contributed by atoms with Gasteiger partial charge in [0, 0.05) is 10.6 Å². The van der Waals surface area contributed by atoms with Crippen LogP contribution in [-0.2, 0) is 4.74 Å². The largest absolute Gasteiger partial charge is 0.465 e. The number of hydrogen-bond acceptors (Lipinski definition) is 4. The predicted octanol–water partition coefficient (Wildman–Crippen LogP) is 3.20. The van der Waals surface area contributed by atoms with E-state index in [1.807, 2.05) is 12.1 Å². The van der Waals surface area contributed by atoms with Crippen molar-refractivity contribution in [1.29, 1.82) is 0 Å². The fraction of sp³-hybridized carbons (Fsp3) is 0.214. The van der Waals surface area contributed by atoms with Crippen LogP contribution in [0.15, 0.2) is 24.3 Å². The molecule has 98 valence electrons. The number of esters is 1. The van der Waals surface area contributed by atoms with E-state index < -0.39 is 5.97 Å². The summed E-state index contributed by atoms with van der Waals surface area (Å²) < 4.78 is 4.72. The first kappa shape index (κ1) is 13.5. The van der Waals surface area contributed by atoms with Gasteiger partial charge in [-0.25, -0.2) is 14.8 Å². The van der Waals surface area contributed by atoms with E-state index in [4.69, 9.17) is 16.3 Å². The monoisotopic (exact) mass is 276 g/mol. The van der Waals surface area contributed by atoms with Gasteiger partial charge in [-0.15, -0.1) is 0 Å². The Kier molecular flexibility index (Phi) is 3.81. The lowest BCUT2D eigenvalue weighted by molar-refractivity contribution is 0.0598. The lowest BCUT2D eigenvalue weighted by atomic mass is 10.1. The van der Waals surface area contributed by atoms with Crippen molar-refractivity contribution in [1.82, 2.24) is 9.97 Å². The summed E-state index contributed by atoms with van der Waals surface area (Å²) in [6.45, 7) is 3.53. The topological polar surface area (TPSA) is 52.1 Å². The van der Waals surface area contributed by atoms with Gasteiger partial charge < -0.3 is 4.74 Å². The number of ether oxygens (including phenoxy) is 1. The summed E-state index contributed by atoms with van der Waals surface area (Å²) in [4.78, 5) is 20.3. The lowest BCUT2D eigenvalue weighted by Gasteiger charge is -2.09. The molecule has 0 amide bonds. The third-order valence-electron chi connectivity index (χ3n) is 2.76. The van der Waals surface area contributed by atoms with E-state index in [2.05, 4.69) is 9.97 Å².